The Morgan fingerprint density at radius 1 is 1.16 bits per heavy atom. The van der Waals surface area contributed by atoms with Gasteiger partial charge in [-0.15, -0.1) is 0 Å². The summed E-state index contributed by atoms with van der Waals surface area (Å²) < 4.78 is 2.11. The minimum Gasteiger partial charge on any atom is -0.350 e. The molecule has 6 nitrogen and oxygen atoms in total. The zero-order chi connectivity index (χ0) is 17.2. The van der Waals surface area contributed by atoms with Crippen LogP contribution in [0.3, 0.4) is 0 Å². The molecule has 2 atom stereocenters. The summed E-state index contributed by atoms with van der Waals surface area (Å²) in [7, 11) is 2.05. The average molecular weight is 336 g/mol. The number of anilines is 3. The molecule has 2 aromatic heterocycles. The van der Waals surface area contributed by atoms with Crippen molar-refractivity contribution < 1.29 is 0 Å². The number of nitrogens with two attached hydrogens (primary N) is 1. The van der Waals surface area contributed by atoms with Crippen molar-refractivity contribution in [1.82, 2.24) is 14.5 Å². The first-order valence-electron chi connectivity index (χ1n) is 8.87. The SMILES string of the molecule is Cn1ccc2c(Nc3ccnc(N[C@@H]4CCCC[C@@H]4N)n3)cccc21. The maximum Gasteiger partial charge on any atom is 0.224 e. The highest BCUT2D eigenvalue weighted by atomic mass is 15.2. The van der Waals surface area contributed by atoms with E-state index in [0.717, 1.165) is 24.3 Å². The Balaban J connectivity index is 1.55. The van der Waals surface area contributed by atoms with Crippen LogP contribution >= 0.6 is 0 Å². The zero-order valence-corrected chi connectivity index (χ0v) is 14.4. The zero-order valence-electron chi connectivity index (χ0n) is 14.4. The van der Waals surface area contributed by atoms with Gasteiger partial charge in [-0.2, -0.15) is 4.98 Å². The van der Waals surface area contributed by atoms with Crippen LogP contribution in [-0.2, 0) is 7.05 Å². The molecule has 3 aromatic rings. The molecule has 0 amide bonds. The van der Waals surface area contributed by atoms with Crippen molar-refractivity contribution in [3.63, 3.8) is 0 Å². The van der Waals surface area contributed by atoms with Crippen LogP contribution in [0.1, 0.15) is 25.7 Å². The lowest BCUT2D eigenvalue weighted by Crippen LogP contribution is -2.42. The van der Waals surface area contributed by atoms with Crippen LogP contribution in [0.4, 0.5) is 17.5 Å². The van der Waals surface area contributed by atoms with Gasteiger partial charge in [0.15, 0.2) is 0 Å². The number of rotatable bonds is 4. The summed E-state index contributed by atoms with van der Waals surface area (Å²) in [5.74, 6) is 1.41. The highest BCUT2D eigenvalue weighted by molar-refractivity contribution is 5.93. The maximum absolute atomic E-state index is 6.22. The Hall–Kier alpha value is -2.60. The second-order valence-electron chi connectivity index (χ2n) is 6.75. The minimum absolute atomic E-state index is 0.173. The van der Waals surface area contributed by atoms with Crippen molar-refractivity contribution in [1.29, 1.82) is 0 Å². The number of hydrogen-bond acceptors (Lipinski definition) is 5. The van der Waals surface area contributed by atoms with Crippen LogP contribution < -0.4 is 16.4 Å². The van der Waals surface area contributed by atoms with Gasteiger partial charge in [0.05, 0.1) is 0 Å². The molecular formula is C19H24N6. The molecule has 1 aliphatic rings. The maximum atomic E-state index is 6.22. The highest BCUT2D eigenvalue weighted by Crippen LogP contribution is 2.27. The normalized spacial score (nSPS) is 20.6. The van der Waals surface area contributed by atoms with Gasteiger partial charge in [-0.1, -0.05) is 18.9 Å². The van der Waals surface area contributed by atoms with Crippen molar-refractivity contribution in [2.75, 3.05) is 10.6 Å². The molecule has 6 heteroatoms. The van der Waals surface area contributed by atoms with E-state index >= 15 is 0 Å². The van der Waals surface area contributed by atoms with Gasteiger partial charge >= 0.3 is 0 Å². The molecular weight excluding hydrogens is 312 g/mol. The van der Waals surface area contributed by atoms with Gasteiger partial charge in [0.1, 0.15) is 5.82 Å². The molecule has 1 saturated carbocycles. The van der Waals surface area contributed by atoms with Crippen LogP contribution in [0.25, 0.3) is 10.9 Å². The van der Waals surface area contributed by atoms with Crippen LogP contribution in [0.15, 0.2) is 42.7 Å². The Bertz CT molecular complexity index is 871. The van der Waals surface area contributed by atoms with Crippen LogP contribution in [-0.4, -0.2) is 26.6 Å². The van der Waals surface area contributed by atoms with E-state index in [4.69, 9.17) is 5.73 Å². The molecule has 4 rings (SSSR count). The van der Waals surface area contributed by atoms with Gasteiger partial charge in [0.25, 0.3) is 0 Å². The smallest absolute Gasteiger partial charge is 0.224 e. The third-order valence-corrected chi connectivity index (χ3v) is 4.98. The lowest BCUT2D eigenvalue weighted by atomic mass is 9.91. The van der Waals surface area contributed by atoms with Gasteiger partial charge in [-0.3, -0.25) is 0 Å². The van der Waals surface area contributed by atoms with Gasteiger partial charge in [0, 0.05) is 48.1 Å². The van der Waals surface area contributed by atoms with E-state index in [9.17, 15) is 0 Å². The third kappa shape index (κ3) is 3.30. The van der Waals surface area contributed by atoms with Crippen molar-refractivity contribution in [3.05, 3.63) is 42.7 Å². The van der Waals surface area contributed by atoms with Gasteiger partial charge in [-0.05, 0) is 37.1 Å². The molecule has 0 spiro atoms. The number of aryl methyl sites for hydroxylation is 1. The first-order valence-corrected chi connectivity index (χ1v) is 8.87. The molecule has 1 aromatic carbocycles. The van der Waals surface area contributed by atoms with Gasteiger partial charge < -0.3 is 20.9 Å². The quantitative estimate of drug-likeness (QED) is 0.680. The summed E-state index contributed by atoms with van der Waals surface area (Å²) >= 11 is 0. The summed E-state index contributed by atoms with van der Waals surface area (Å²) in [4.78, 5) is 8.97. The molecule has 0 bridgehead atoms. The van der Waals surface area contributed by atoms with Crippen molar-refractivity contribution in [3.8, 4) is 0 Å². The lowest BCUT2D eigenvalue weighted by molar-refractivity contribution is 0.402. The van der Waals surface area contributed by atoms with Crippen LogP contribution in [0, 0.1) is 0 Å². The first kappa shape index (κ1) is 15.9. The van der Waals surface area contributed by atoms with Crippen molar-refractivity contribution in [2.24, 2.45) is 12.8 Å². The second-order valence-corrected chi connectivity index (χ2v) is 6.75. The summed E-state index contributed by atoms with van der Waals surface area (Å²) in [5, 5.41) is 7.99. The number of nitrogens with zero attached hydrogens (tertiary/aromatic N) is 3. The summed E-state index contributed by atoms with van der Waals surface area (Å²) in [6.07, 6.45) is 8.39. The molecule has 2 heterocycles. The molecule has 130 valence electrons. The van der Waals surface area contributed by atoms with E-state index in [-0.39, 0.29) is 12.1 Å². The van der Waals surface area contributed by atoms with Crippen LogP contribution in [0.2, 0.25) is 0 Å². The standard InChI is InChI=1S/C19H24N6/c1-25-12-10-13-15(7-4-8-17(13)25)22-18-9-11-21-19(24-18)23-16-6-3-2-5-14(16)20/h4,7-12,14,16H,2-3,5-6,20H2,1H3,(H2,21,22,23,24)/t14-,16+/m0/s1. The van der Waals surface area contributed by atoms with Crippen LogP contribution in [0.5, 0.6) is 0 Å². The van der Waals surface area contributed by atoms with E-state index < -0.39 is 0 Å². The Kier molecular flexibility index (Phi) is 4.28. The molecule has 1 aliphatic carbocycles. The van der Waals surface area contributed by atoms with E-state index in [1.54, 1.807) is 6.20 Å². The number of hydrogen-bond donors (Lipinski definition) is 3. The predicted octanol–water partition coefficient (Wildman–Crippen LogP) is 3.39. The second kappa shape index (κ2) is 6.72. The molecule has 25 heavy (non-hydrogen) atoms. The fourth-order valence-corrected chi connectivity index (χ4v) is 3.55. The topological polar surface area (TPSA) is 80.8 Å². The number of aromatic nitrogens is 3. The van der Waals surface area contributed by atoms with Gasteiger partial charge in [-0.25, -0.2) is 4.98 Å². The number of nitrogens with one attached hydrogen (secondary N) is 2. The molecule has 1 fully saturated rings. The molecule has 4 N–H and O–H groups in total. The summed E-state index contributed by atoms with van der Waals surface area (Å²) in [6, 6.07) is 10.6. The van der Waals surface area contributed by atoms with E-state index in [1.807, 2.05) is 19.2 Å². The molecule has 0 saturated heterocycles. The fraction of sp³-hybridized carbons (Fsp3) is 0.368. The number of fused-ring (bicyclic) bond motifs is 1. The largest absolute Gasteiger partial charge is 0.350 e. The Morgan fingerprint density at radius 3 is 2.92 bits per heavy atom. The summed E-state index contributed by atoms with van der Waals surface area (Å²) in [5.41, 5.74) is 8.44. The number of benzene rings is 1. The minimum atomic E-state index is 0.173. The molecule has 0 aliphatic heterocycles. The molecule has 0 radical (unpaired) electrons. The Morgan fingerprint density at radius 2 is 2.04 bits per heavy atom. The highest BCUT2D eigenvalue weighted by Gasteiger charge is 2.22. The monoisotopic (exact) mass is 336 g/mol. The van der Waals surface area contributed by atoms with Crippen molar-refractivity contribution in [2.45, 2.75) is 37.8 Å². The van der Waals surface area contributed by atoms with E-state index in [2.05, 4.69) is 49.6 Å². The summed E-state index contributed by atoms with van der Waals surface area (Å²) in [6.45, 7) is 0. The first-order chi connectivity index (χ1) is 12.2. The van der Waals surface area contributed by atoms with Crippen molar-refractivity contribution >= 4 is 28.4 Å². The third-order valence-electron chi connectivity index (χ3n) is 4.98. The average Bonchev–Trinajstić information content (AvgIpc) is 3.00. The Labute approximate surface area is 147 Å². The van der Waals surface area contributed by atoms with Gasteiger partial charge in [0.2, 0.25) is 5.95 Å². The molecule has 0 unspecified atom stereocenters. The fourth-order valence-electron chi connectivity index (χ4n) is 3.55. The van der Waals surface area contributed by atoms with E-state index in [1.165, 1.54) is 23.7 Å². The lowest BCUT2D eigenvalue weighted by Gasteiger charge is -2.29. The van der Waals surface area contributed by atoms with E-state index in [0.29, 0.717) is 5.95 Å². The predicted molar refractivity (Wildman–Crippen MR) is 102 cm³/mol.